The number of nitrogens with one attached hydrogen (secondary N) is 1. The smallest absolute Gasteiger partial charge is 0.408 e. The second-order valence-electron chi connectivity index (χ2n) is 5.20. The molecule has 1 N–H and O–H groups in total. The highest BCUT2D eigenvalue weighted by atomic mass is 19.3. The predicted molar refractivity (Wildman–Crippen MR) is 70.1 cm³/mol. The molecule has 2 heterocycles. The molecule has 1 amide bonds. The number of nitrogens with zero attached hydrogens (tertiary/aromatic N) is 1. The topological polar surface area (TPSA) is 41.6 Å². The Hall–Kier alpha value is -1.85. The molecular weight excluding hydrogens is 266 g/mol. The molecule has 1 aromatic carbocycles. The zero-order valence-corrected chi connectivity index (χ0v) is 10.9. The van der Waals surface area contributed by atoms with Gasteiger partial charge in [-0.1, -0.05) is 12.1 Å². The molecule has 2 aliphatic rings. The van der Waals surface area contributed by atoms with Crippen LogP contribution in [0.4, 0.5) is 19.3 Å². The van der Waals surface area contributed by atoms with E-state index in [4.69, 9.17) is 0 Å². The van der Waals surface area contributed by atoms with E-state index >= 15 is 0 Å². The maximum Gasteiger partial charge on any atom is 0.408 e. The molecule has 0 radical (unpaired) electrons. The lowest BCUT2D eigenvalue weighted by Gasteiger charge is -2.32. The lowest BCUT2D eigenvalue weighted by Crippen LogP contribution is -2.49. The number of benzene rings is 1. The number of anilines is 1. The van der Waals surface area contributed by atoms with Crippen molar-refractivity contribution in [3.8, 4) is 0 Å². The van der Waals surface area contributed by atoms with E-state index in [9.17, 15) is 13.6 Å². The molecular formula is C14H16F2N2O2. The zero-order chi connectivity index (χ0) is 14.2. The molecule has 0 saturated carbocycles. The largest absolute Gasteiger partial charge is 0.443 e. The van der Waals surface area contributed by atoms with E-state index < -0.39 is 24.7 Å². The van der Waals surface area contributed by atoms with Gasteiger partial charge in [0.1, 0.15) is 6.04 Å². The number of hydrogen-bond acceptors (Lipinski definition) is 3. The van der Waals surface area contributed by atoms with Crippen molar-refractivity contribution in [1.82, 2.24) is 5.32 Å². The fourth-order valence-corrected chi connectivity index (χ4v) is 2.69. The van der Waals surface area contributed by atoms with Crippen LogP contribution in [0.1, 0.15) is 24.4 Å². The summed E-state index contributed by atoms with van der Waals surface area (Å²) < 4.78 is 31.9. The van der Waals surface area contributed by atoms with Crippen LogP contribution in [0.3, 0.4) is 0 Å². The van der Waals surface area contributed by atoms with E-state index in [0.717, 1.165) is 31.6 Å². The van der Waals surface area contributed by atoms with E-state index in [-0.39, 0.29) is 0 Å². The molecule has 3 rings (SSSR count). The second-order valence-corrected chi connectivity index (χ2v) is 5.20. The Morgan fingerprint density at radius 1 is 1.20 bits per heavy atom. The molecule has 4 nitrogen and oxygen atoms in total. The Bertz CT molecular complexity index is 498. The van der Waals surface area contributed by atoms with Gasteiger partial charge in [-0.3, -0.25) is 0 Å². The first-order valence-corrected chi connectivity index (χ1v) is 6.72. The Kier molecular flexibility index (Phi) is 3.23. The van der Waals surface area contributed by atoms with Gasteiger partial charge in [-0.05, 0) is 30.5 Å². The van der Waals surface area contributed by atoms with Crippen LogP contribution in [-0.4, -0.2) is 31.7 Å². The molecule has 1 atom stereocenters. The number of ether oxygens (including phenoxy) is 1. The van der Waals surface area contributed by atoms with Gasteiger partial charge in [0.15, 0.2) is 6.61 Å². The summed E-state index contributed by atoms with van der Waals surface area (Å²) in [6.07, 6.45) is 1.52. The van der Waals surface area contributed by atoms with Gasteiger partial charge in [0, 0.05) is 18.8 Å². The Morgan fingerprint density at radius 3 is 2.50 bits per heavy atom. The third-order valence-electron chi connectivity index (χ3n) is 3.78. The number of alkyl carbamates (subject to hydrolysis) is 1. The quantitative estimate of drug-likeness (QED) is 0.906. The van der Waals surface area contributed by atoms with Crippen molar-refractivity contribution in [2.24, 2.45) is 0 Å². The maximum atomic E-state index is 13.8. The minimum atomic E-state index is -3.09. The Balaban J connectivity index is 1.80. The number of halogens is 2. The average Bonchev–Trinajstić information content (AvgIpc) is 2.96. The highest BCUT2D eigenvalue weighted by Crippen LogP contribution is 2.35. The molecule has 0 unspecified atom stereocenters. The standard InChI is InChI=1S/C14H16F2N2O2/c15-14(16)9-20-13(19)17-12(14)10-3-5-11(6-4-10)18-7-1-2-8-18/h3-6,12H,1-2,7-9H2,(H,17,19)/t12-/m1/s1. The normalized spacial score (nSPS) is 25.2. The lowest BCUT2D eigenvalue weighted by atomic mass is 10.00. The van der Waals surface area contributed by atoms with Gasteiger partial charge in [0.25, 0.3) is 0 Å². The minimum Gasteiger partial charge on any atom is -0.443 e. The predicted octanol–water partition coefficient (Wildman–Crippen LogP) is 2.70. The van der Waals surface area contributed by atoms with E-state index in [1.54, 1.807) is 12.1 Å². The number of carbonyl (C=O) groups excluding carboxylic acids is 1. The number of alkyl halides is 2. The fraction of sp³-hybridized carbons (Fsp3) is 0.500. The zero-order valence-electron chi connectivity index (χ0n) is 10.9. The summed E-state index contributed by atoms with van der Waals surface area (Å²) in [7, 11) is 0. The van der Waals surface area contributed by atoms with Crippen molar-refractivity contribution in [3.63, 3.8) is 0 Å². The van der Waals surface area contributed by atoms with E-state index in [0.29, 0.717) is 5.56 Å². The Labute approximate surface area is 115 Å². The molecule has 2 fully saturated rings. The van der Waals surface area contributed by atoms with Gasteiger partial charge in [-0.25, -0.2) is 13.6 Å². The molecule has 2 saturated heterocycles. The fourth-order valence-electron chi connectivity index (χ4n) is 2.69. The van der Waals surface area contributed by atoms with Crippen molar-refractivity contribution < 1.29 is 18.3 Å². The second kappa shape index (κ2) is 4.92. The Morgan fingerprint density at radius 2 is 1.85 bits per heavy atom. The summed E-state index contributed by atoms with van der Waals surface area (Å²) >= 11 is 0. The maximum absolute atomic E-state index is 13.8. The van der Waals surface area contributed by atoms with Crippen LogP contribution in [0.2, 0.25) is 0 Å². The lowest BCUT2D eigenvalue weighted by molar-refractivity contribution is -0.104. The monoisotopic (exact) mass is 282 g/mol. The van der Waals surface area contributed by atoms with E-state index in [1.807, 2.05) is 12.1 Å². The van der Waals surface area contributed by atoms with Gasteiger partial charge in [0.2, 0.25) is 0 Å². The first-order chi connectivity index (χ1) is 9.56. The molecule has 0 aliphatic carbocycles. The summed E-state index contributed by atoms with van der Waals surface area (Å²) in [5.41, 5.74) is 1.43. The molecule has 0 bridgehead atoms. The van der Waals surface area contributed by atoms with Crippen LogP contribution < -0.4 is 10.2 Å². The molecule has 1 aromatic rings. The van der Waals surface area contributed by atoms with Gasteiger partial charge in [0.05, 0.1) is 0 Å². The molecule has 108 valence electrons. The molecule has 20 heavy (non-hydrogen) atoms. The third-order valence-corrected chi connectivity index (χ3v) is 3.78. The molecule has 0 aromatic heterocycles. The van der Waals surface area contributed by atoms with Crippen LogP contribution in [-0.2, 0) is 4.74 Å². The van der Waals surface area contributed by atoms with Crippen molar-refractivity contribution in [2.75, 3.05) is 24.6 Å². The summed E-state index contributed by atoms with van der Waals surface area (Å²) in [4.78, 5) is 13.4. The molecule has 0 spiro atoms. The van der Waals surface area contributed by atoms with Crippen molar-refractivity contribution >= 4 is 11.8 Å². The van der Waals surface area contributed by atoms with Crippen LogP contribution in [0.25, 0.3) is 0 Å². The number of carbonyl (C=O) groups is 1. The average molecular weight is 282 g/mol. The van der Waals surface area contributed by atoms with Crippen LogP contribution in [0, 0.1) is 0 Å². The highest BCUT2D eigenvalue weighted by Gasteiger charge is 2.46. The van der Waals surface area contributed by atoms with Crippen molar-refractivity contribution in [2.45, 2.75) is 24.8 Å². The van der Waals surface area contributed by atoms with Crippen molar-refractivity contribution in [3.05, 3.63) is 29.8 Å². The van der Waals surface area contributed by atoms with E-state index in [1.165, 1.54) is 0 Å². The first-order valence-electron chi connectivity index (χ1n) is 6.72. The molecule has 6 heteroatoms. The van der Waals surface area contributed by atoms with Crippen LogP contribution in [0.15, 0.2) is 24.3 Å². The summed E-state index contributed by atoms with van der Waals surface area (Å²) in [5, 5.41) is 2.19. The number of cyclic esters (lactones) is 1. The third kappa shape index (κ3) is 2.42. The highest BCUT2D eigenvalue weighted by molar-refractivity contribution is 5.69. The summed E-state index contributed by atoms with van der Waals surface area (Å²) in [6, 6.07) is 5.64. The van der Waals surface area contributed by atoms with E-state index in [2.05, 4.69) is 15.0 Å². The van der Waals surface area contributed by atoms with Crippen LogP contribution >= 0.6 is 0 Å². The first kappa shape index (κ1) is 13.1. The van der Waals surface area contributed by atoms with Crippen LogP contribution in [0.5, 0.6) is 0 Å². The van der Waals surface area contributed by atoms with Gasteiger partial charge in [-0.15, -0.1) is 0 Å². The minimum absolute atomic E-state index is 0.398. The van der Waals surface area contributed by atoms with Gasteiger partial charge >= 0.3 is 12.0 Å². The summed E-state index contributed by atoms with van der Waals surface area (Å²) in [6.45, 7) is 1.13. The number of rotatable bonds is 2. The summed E-state index contributed by atoms with van der Waals surface area (Å²) in [5.74, 6) is -3.09. The number of hydrogen-bond donors (Lipinski definition) is 1. The number of amides is 1. The van der Waals surface area contributed by atoms with Crippen molar-refractivity contribution in [1.29, 1.82) is 0 Å². The van der Waals surface area contributed by atoms with Gasteiger partial charge in [-0.2, -0.15) is 0 Å². The SMILES string of the molecule is O=C1N[C@H](c2ccc(N3CCCC3)cc2)C(F)(F)CO1. The van der Waals surface area contributed by atoms with Gasteiger partial charge < -0.3 is 15.0 Å². The molecule has 2 aliphatic heterocycles.